The molecule has 0 bridgehead atoms. The van der Waals surface area contributed by atoms with Gasteiger partial charge in [-0.15, -0.1) is 0 Å². The number of pyridine rings is 1. The van der Waals surface area contributed by atoms with Crippen LogP contribution >= 0.6 is 0 Å². The molecule has 22 heavy (non-hydrogen) atoms. The van der Waals surface area contributed by atoms with Crippen LogP contribution in [0.5, 0.6) is 0 Å². The number of hydrogen-bond acceptors (Lipinski definition) is 4. The Morgan fingerprint density at radius 2 is 2.00 bits per heavy atom. The minimum atomic E-state index is -1.02. The van der Waals surface area contributed by atoms with Gasteiger partial charge in [-0.05, 0) is 24.3 Å². The number of carbonyl (C=O) groups excluding carboxylic acids is 1. The minimum Gasteiger partial charge on any atom is -0.481 e. The van der Waals surface area contributed by atoms with E-state index in [4.69, 9.17) is 5.11 Å². The summed E-state index contributed by atoms with van der Waals surface area (Å²) in [7, 11) is 0. The maximum absolute atomic E-state index is 12.6. The number of carbonyl (C=O) groups is 2. The molecule has 0 spiro atoms. The number of rotatable bonds is 5. The molecule has 0 aliphatic heterocycles. The molecular weight excluding hydrogens is 282 g/mol. The third-order valence-electron chi connectivity index (χ3n) is 3.02. The molecule has 0 radical (unpaired) electrons. The van der Waals surface area contributed by atoms with Gasteiger partial charge in [-0.1, -0.05) is 12.1 Å². The highest BCUT2D eigenvalue weighted by molar-refractivity contribution is 6.06. The lowest BCUT2D eigenvalue weighted by Gasteiger charge is -2.23. The van der Waals surface area contributed by atoms with Crippen molar-refractivity contribution in [2.75, 3.05) is 11.4 Å². The first-order valence-electron chi connectivity index (χ1n) is 6.56. The van der Waals surface area contributed by atoms with E-state index in [0.29, 0.717) is 16.8 Å². The van der Waals surface area contributed by atoms with Crippen molar-refractivity contribution in [3.05, 3.63) is 59.9 Å². The molecule has 1 aromatic heterocycles. The van der Waals surface area contributed by atoms with E-state index in [1.54, 1.807) is 42.6 Å². The van der Waals surface area contributed by atoms with Crippen molar-refractivity contribution in [1.29, 1.82) is 5.26 Å². The highest BCUT2D eigenvalue weighted by Gasteiger charge is 2.21. The van der Waals surface area contributed by atoms with Crippen molar-refractivity contribution in [1.82, 2.24) is 4.98 Å². The Bertz CT molecular complexity index is 723. The second kappa shape index (κ2) is 6.99. The van der Waals surface area contributed by atoms with Gasteiger partial charge in [0.25, 0.3) is 5.91 Å². The van der Waals surface area contributed by atoms with Crippen LogP contribution in [0.25, 0.3) is 0 Å². The summed E-state index contributed by atoms with van der Waals surface area (Å²) in [4.78, 5) is 28.6. The molecule has 0 fully saturated rings. The fraction of sp³-hybridized carbons (Fsp3) is 0.125. The Labute approximate surface area is 127 Å². The fourth-order valence-corrected chi connectivity index (χ4v) is 1.99. The average molecular weight is 295 g/mol. The first kappa shape index (κ1) is 15.2. The van der Waals surface area contributed by atoms with E-state index in [2.05, 4.69) is 4.98 Å². The highest BCUT2D eigenvalue weighted by Crippen LogP contribution is 2.22. The molecule has 1 aromatic carbocycles. The van der Waals surface area contributed by atoms with E-state index in [0.717, 1.165) is 0 Å². The second-order valence-corrected chi connectivity index (χ2v) is 4.47. The summed E-state index contributed by atoms with van der Waals surface area (Å²) in [5.41, 5.74) is 1.03. The largest absolute Gasteiger partial charge is 0.481 e. The van der Waals surface area contributed by atoms with Gasteiger partial charge in [-0.2, -0.15) is 5.26 Å². The molecule has 6 nitrogen and oxygen atoms in total. The number of amides is 1. The number of carboxylic acid groups (broad SMARTS) is 1. The number of carboxylic acids is 1. The lowest BCUT2D eigenvalue weighted by Crippen LogP contribution is -2.33. The number of benzene rings is 1. The van der Waals surface area contributed by atoms with Crippen LogP contribution in [-0.2, 0) is 4.79 Å². The van der Waals surface area contributed by atoms with Crippen LogP contribution in [0, 0.1) is 11.3 Å². The molecule has 0 aliphatic rings. The summed E-state index contributed by atoms with van der Waals surface area (Å²) in [5, 5.41) is 18.1. The average Bonchev–Trinajstić information content (AvgIpc) is 2.55. The van der Waals surface area contributed by atoms with Gasteiger partial charge in [-0.25, -0.2) is 0 Å². The lowest BCUT2D eigenvalue weighted by atomic mass is 10.1. The number of aliphatic carboxylic acids is 1. The van der Waals surface area contributed by atoms with E-state index in [9.17, 15) is 14.9 Å². The highest BCUT2D eigenvalue weighted by atomic mass is 16.4. The first-order valence-corrected chi connectivity index (χ1v) is 6.56. The van der Waals surface area contributed by atoms with Crippen molar-refractivity contribution in [2.45, 2.75) is 6.42 Å². The summed E-state index contributed by atoms with van der Waals surface area (Å²) in [6.45, 7) is -0.0260. The third kappa shape index (κ3) is 3.46. The maximum Gasteiger partial charge on any atom is 0.305 e. The van der Waals surface area contributed by atoms with Crippen LogP contribution in [0.3, 0.4) is 0 Å². The van der Waals surface area contributed by atoms with E-state index in [-0.39, 0.29) is 13.0 Å². The van der Waals surface area contributed by atoms with Crippen LogP contribution in [0.2, 0.25) is 0 Å². The quantitative estimate of drug-likeness (QED) is 0.911. The molecule has 6 heteroatoms. The number of hydrogen-bond donors (Lipinski definition) is 1. The Morgan fingerprint density at radius 3 is 2.64 bits per heavy atom. The smallest absolute Gasteiger partial charge is 0.305 e. The van der Waals surface area contributed by atoms with Crippen molar-refractivity contribution in [3.8, 4) is 6.07 Å². The second-order valence-electron chi connectivity index (χ2n) is 4.47. The third-order valence-corrected chi connectivity index (χ3v) is 3.02. The molecule has 2 aromatic rings. The van der Waals surface area contributed by atoms with Crippen LogP contribution in [0.1, 0.15) is 22.3 Å². The molecule has 1 heterocycles. The summed E-state index contributed by atoms with van der Waals surface area (Å²) < 4.78 is 0. The minimum absolute atomic E-state index is 0.0260. The summed E-state index contributed by atoms with van der Waals surface area (Å²) in [6, 6.07) is 11.8. The topological polar surface area (TPSA) is 94.3 Å². The number of anilines is 1. The molecule has 0 aliphatic carbocycles. The van der Waals surface area contributed by atoms with Gasteiger partial charge in [0.15, 0.2) is 0 Å². The Balaban J connectivity index is 2.41. The summed E-state index contributed by atoms with van der Waals surface area (Å²) >= 11 is 0. The van der Waals surface area contributed by atoms with Gasteiger partial charge in [0, 0.05) is 18.9 Å². The van der Waals surface area contributed by atoms with Crippen LogP contribution < -0.4 is 4.90 Å². The fourth-order valence-electron chi connectivity index (χ4n) is 1.99. The van der Waals surface area contributed by atoms with Crippen molar-refractivity contribution >= 4 is 17.6 Å². The normalized spacial score (nSPS) is 9.77. The van der Waals surface area contributed by atoms with Gasteiger partial charge in [0.1, 0.15) is 6.07 Å². The molecule has 110 valence electrons. The summed E-state index contributed by atoms with van der Waals surface area (Å²) in [5.74, 6) is -1.41. The van der Waals surface area contributed by atoms with Crippen molar-refractivity contribution in [2.24, 2.45) is 0 Å². The number of nitriles is 1. The molecule has 1 N–H and O–H groups in total. The van der Waals surface area contributed by atoms with Gasteiger partial charge in [0.05, 0.1) is 23.2 Å². The van der Waals surface area contributed by atoms with Crippen molar-refractivity contribution < 1.29 is 14.7 Å². The van der Waals surface area contributed by atoms with Crippen LogP contribution in [0.15, 0.2) is 48.8 Å². The molecular formula is C16H13N3O3. The van der Waals surface area contributed by atoms with Crippen molar-refractivity contribution in [3.63, 3.8) is 0 Å². The van der Waals surface area contributed by atoms with E-state index in [1.807, 2.05) is 6.07 Å². The van der Waals surface area contributed by atoms with Gasteiger partial charge >= 0.3 is 5.97 Å². The van der Waals surface area contributed by atoms with E-state index < -0.39 is 11.9 Å². The Morgan fingerprint density at radius 1 is 1.23 bits per heavy atom. The Hall–Kier alpha value is -3.20. The molecule has 0 saturated heterocycles. The zero-order valence-corrected chi connectivity index (χ0v) is 11.6. The zero-order valence-electron chi connectivity index (χ0n) is 11.6. The number of nitrogens with zero attached hydrogens (tertiary/aromatic N) is 3. The predicted octanol–water partition coefficient (Wildman–Crippen LogP) is 2.07. The number of aromatic nitrogens is 1. The van der Waals surface area contributed by atoms with Crippen LogP contribution in [-0.4, -0.2) is 28.5 Å². The number of para-hydroxylation sites is 1. The molecule has 0 atom stereocenters. The summed E-state index contributed by atoms with van der Waals surface area (Å²) in [6.07, 6.45) is 2.73. The molecule has 0 saturated carbocycles. The van der Waals surface area contributed by atoms with E-state index in [1.165, 1.54) is 11.1 Å². The predicted molar refractivity (Wildman–Crippen MR) is 79.3 cm³/mol. The van der Waals surface area contributed by atoms with Gasteiger partial charge in [-0.3, -0.25) is 14.6 Å². The zero-order chi connectivity index (χ0) is 15.9. The standard InChI is InChI=1S/C16H13N3O3/c17-10-12-4-1-2-6-14(12)19(9-7-15(20)21)16(22)13-5-3-8-18-11-13/h1-6,8,11H,7,9H2,(H,20,21). The van der Waals surface area contributed by atoms with Gasteiger partial charge in [0.2, 0.25) is 0 Å². The first-order chi connectivity index (χ1) is 10.6. The van der Waals surface area contributed by atoms with Crippen LogP contribution in [0.4, 0.5) is 5.69 Å². The van der Waals surface area contributed by atoms with Gasteiger partial charge < -0.3 is 10.0 Å². The maximum atomic E-state index is 12.6. The lowest BCUT2D eigenvalue weighted by molar-refractivity contribution is -0.136. The molecule has 2 rings (SSSR count). The molecule has 1 amide bonds. The monoisotopic (exact) mass is 295 g/mol. The SMILES string of the molecule is N#Cc1ccccc1N(CCC(=O)O)C(=O)c1cccnc1. The Kier molecular flexibility index (Phi) is 4.83. The molecule has 0 unspecified atom stereocenters. The van der Waals surface area contributed by atoms with E-state index >= 15 is 0 Å².